The summed E-state index contributed by atoms with van der Waals surface area (Å²) < 4.78 is 0. The molecule has 0 unspecified atom stereocenters. The maximum Gasteiger partial charge on any atom is 0.335 e. The summed E-state index contributed by atoms with van der Waals surface area (Å²) >= 11 is 0. The number of carboxylic acid groups (broad SMARTS) is 2. The molecule has 0 atom stereocenters. The van der Waals surface area contributed by atoms with Crippen molar-refractivity contribution < 1.29 is 24.9 Å². The predicted molar refractivity (Wildman–Crippen MR) is 28.7 cm³/mol. The van der Waals surface area contributed by atoms with Crippen LogP contribution in [0, 0.1) is 0 Å². The molecule has 5 heteroatoms. The highest BCUT2D eigenvalue weighted by Gasteiger charge is 2.11. The molecule has 5 nitrogen and oxygen atoms in total. The van der Waals surface area contributed by atoms with E-state index in [0.717, 1.165) is 0 Å². The summed E-state index contributed by atoms with van der Waals surface area (Å²) in [5.74, 6) is -2.82. The molecule has 0 aliphatic carbocycles. The first-order valence-electron chi connectivity index (χ1n) is 2.34. The molecule has 0 saturated carbocycles. The second-order valence-electron chi connectivity index (χ2n) is 1.52. The van der Waals surface area contributed by atoms with E-state index in [1.807, 2.05) is 0 Å². The van der Waals surface area contributed by atoms with E-state index in [0.29, 0.717) is 0 Å². The maximum absolute atomic E-state index is 9.93. The molecule has 10 heavy (non-hydrogen) atoms. The second-order valence-corrected chi connectivity index (χ2v) is 1.52. The number of rotatable bonds is 3. The summed E-state index contributed by atoms with van der Waals surface area (Å²) in [5, 5.41) is 25.9. The highest BCUT2D eigenvalue weighted by atomic mass is 16.4. The van der Waals surface area contributed by atoms with Crippen molar-refractivity contribution in [1.29, 1.82) is 0 Å². The van der Waals surface area contributed by atoms with Crippen LogP contribution in [-0.4, -0.2) is 22.2 Å². The van der Waals surface area contributed by atoms with E-state index in [1.165, 1.54) is 0 Å². The van der Waals surface area contributed by atoms with Crippen molar-refractivity contribution in [3.8, 4) is 0 Å². The Hall–Kier alpha value is -1.52. The van der Waals surface area contributed by atoms with Crippen molar-refractivity contribution in [3.05, 3.63) is 11.8 Å². The van der Waals surface area contributed by atoms with Gasteiger partial charge in [-0.25, -0.2) is 4.79 Å². The molecule has 0 heterocycles. The van der Waals surface area contributed by atoms with Gasteiger partial charge in [0.1, 0.15) is 0 Å². The van der Waals surface area contributed by atoms with Crippen LogP contribution in [0.1, 0.15) is 6.42 Å². The van der Waals surface area contributed by atoms with Gasteiger partial charge in [0.2, 0.25) is 0 Å². The van der Waals surface area contributed by atoms with Crippen molar-refractivity contribution >= 4 is 11.9 Å². The average Bonchev–Trinajstić information content (AvgIpc) is 1.81. The predicted octanol–water partition coefficient (Wildman–Crippen LogP) is -0.140. The van der Waals surface area contributed by atoms with E-state index in [2.05, 4.69) is 0 Å². The SMILES string of the molecule is [O]C=C(CC(=O)O)C(=O)O. The fraction of sp³-hybridized carbons (Fsp3) is 0.200. The topological polar surface area (TPSA) is 94.5 Å². The van der Waals surface area contributed by atoms with Gasteiger partial charge in [-0.05, 0) is 0 Å². The minimum Gasteiger partial charge on any atom is -0.481 e. The first kappa shape index (κ1) is 8.48. The molecule has 0 bridgehead atoms. The van der Waals surface area contributed by atoms with E-state index in [-0.39, 0.29) is 6.26 Å². The molecule has 0 aromatic heterocycles. The average molecular weight is 145 g/mol. The molecule has 0 fully saturated rings. The molecule has 0 spiro atoms. The van der Waals surface area contributed by atoms with Crippen molar-refractivity contribution in [2.75, 3.05) is 0 Å². The molecule has 0 rings (SSSR count). The highest BCUT2D eigenvalue weighted by molar-refractivity contribution is 5.91. The lowest BCUT2D eigenvalue weighted by Gasteiger charge is -1.91. The number of carbonyl (C=O) groups is 2. The maximum atomic E-state index is 9.93. The zero-order chi connectivity index (χ0) is 8.15. The van der Waals surface area contributed by atoms with Gasteiger partial charge in [-0.15, -0.1) is 0 Å². The Morgan fingerprint density at radius 2 is 1.80 bits per heavy atom. The monoisotopic (exact) mass is 145 g/mol. The Morgan fingerprint density at radius 3 is 1.90 bits per heavy atom. The van der Waals surface area contributed by atoms with Crippen LogP contribution in [0.15, 0.2) is 11.8 Å². The molecule has 2 N–H and O–H groups in total. The smallest absolute Gasteiger partial charge is 0.335 e. The van der Waals surface area contributed by atoms with Crippen molar-refractivity contribution in [2.45, 2.75) is 6.42 Å². The van der Waals surface area contributed by atoms with Crippen LogP contribution in [0.3, 0.4) is 0 Å². The fourth-order valence-corrected chi connectivity index (χ4v) is 0.331. The van der Waals surface area contributed by atoms with E-state index in [1.54, 1.807) is 0 Å². The Balaban J connectivity index is 4.12. The Kier molecular flexibility index (Phi) is 2.96. The van der Waals surface area contributed by atoms with E-state index in [9.17, 15) is 14.7 Å². The number of hydrogen-bond acceptors (Lipinski definition) is 2. The zero-order valence-corrected chi connectivity index (χ0v) is 4.90. The highest BCUT2D eigenvalue weighted by Crippen LogP contribution is 1.99. The summed E-state index contributed by atoms with van der Waals surface area (Å²) in [4.78, 5) is 19.8. The molecular formula is C5H5O5. The molecule has 0 aromatic carbocycles. The van der Waals surface area contributed by atoms with Crippen molar-refractivity contribution in [2.24, 2.45) is 0 Å². The Morgan fingerprint density at radius 1 is 1.30 bits per heavy atom. The molecule has 0 aliphatic heterocycles. The third-order valence-corrected chi connectivity index (χ3v) is 0.759. The molecule has 0 aliphatic rings. The van der Waals surface area contributed by atoms with Crippen LogP contribution in [0.2, 0.25) is 0 Å². The number of hydrogen-bond donors (Lipinski definition) is 2. The van der Waals surface area contributed by atoms with Gasteiger partial charge in [-0.2, -0.15) is 0 Å². The molecule has 1 radical (unpaired) electrons. The van der Waals surface area contributed by atoms with Gasteiger partial charge in [0.05, 0.1) is 12.0 Å². The lowest BCUT2D eigenvalue weighted by molar-refractivity contribution is -0.139. The molecule has 55 valence electrons. The van der Waals surface area contributed by atoms with Crippen molar-refractivity contribution in [1.82, 2.24) is 0 Å². The Labute approximate surface area is 56.2 Å². The first-order chi connectivity index (χ1) is 4.57. The van der Waals surface area contributed by atoms with Crippen LogP contribution in [-0.2, 0) is 14.7 Å². The lowest BCUT2D eigenvalue weighted by atomic mass is 10.2. The standard InChI is InChI=1S/C5H5O5/c6-2-3(5(9)10)1-4(7)8/h2H,1H2,(H,7,8)(H,9,10). The van der Waals surface area contributed by atoms with Gasteiger partial charge in [0, 0.05) is 0 Å². The van der Waals surface area contributed by atoms with Crippen LogP contribution in [0.4, 0.5) is 0 Å². The second kappa shape index (κ2) is 3.49. The van der Waals surface area contributed by atoms with Gasteiger partial charge in [-0.1, -0.05) is 0 Å². The van der Waals surface area contributed by atoms with E-state index in [4.69, 9.17) is 10.2 Å². The van der Waals surface area contributed by atoms with Crippen LogP contribution >= 0.6 is 0 Å². The summed E-state index contributed by atoms with van der Waals surface area (Å²) in [5.41, 5.74) is -0.646. The van der Waals surface area contributed by atoms with E-state index >= 15 is 0 Å². The quantitative estimate of drug-likeness (QED) is 0.426. The van der Waals surface area contributed by atoms with Gasteiger partial charge >= 0.3 is 11.9 Å². The van der Waals surface area contributed by atoms with Crippen LogP contribution in [0.5, 0.6) is 0 Å². The van der Waals surface area contributed by atoms with Crippen molar-refractivity contribution in [3.63, 3.8) is 0 Å². The van der Waals surface area contributed by atoms with Crippen LogP contribution < -0.4 is 0 Å². The molecular weight excluding hydrogens is 140 g/mol. The number of aliphatic carboxylic acids is 2. The molecule has 0 aromatic rings. The molecule has 0 saturated heterocycles. The normalized spacial score (nSPS) is 11.0. The largest absolute Gasteiger partial charge is 0.481 e. The van der Waals surface area contributed by atoms with Gasteiger partial charge in [0.25, 0.3) is 0 Å². The summed E-state index contributed by atoms with van der Waals surface area (Å²) in [6.07, 6.45) is -0.713. The van der Waals surface area contributed by atoms with E-state index < -0.39 is 23.9 Å². The van der Waals surface area contributed by atoms with Gasteiger partial charge in [0.15, 0.2) is 6.26 Å². The number of carboxylic acids is 2. The lowest BCUT2D eigenvalue weighted by Crippen LogP contribution is -2.06. The Bertz CT molecular complexity index is 180. The third kappa shape index (κ3) is 2.71. The fourth-order valence-electron chi connectivity index (χ4n) is 0.331. The minimum absolute atomic E-state index is 0.0243. The van der Waals surface area contributed by atoms with Gasteiger partial charge in [-0.3, -0.25) is 9.90 Å². The zero-order valence-electron chi connectivity index (χ0n) is 4.90. The molecule has 0 amide bonds. The minimum atomic E-state index is -1.49. The van der Waals surface area contributed by atoms with Gasteiger partial charge < -0.3 is 10.2 Å². The first-order valence-corrected chi connectivity index (χ1v) is 2.34. The van der Waals surface area contributed by atoms with Crippen LogP contribution in [0.25, 0.3) is 0 Å². The summed E-state index contributed by atoms with van der Waals surface area (Å²) in [6.45, 7) is 0. The summed E-state index contributed by atoms with van der Waals surface area (Å²) in [7, 11) is 0. The third-order valence-electron chi connectivity index (χ3n) is 0.759. The summed E-state index contributed by atoms with van der Waals surface area (Å²) in [6, 6.07) is 0.